The molecule has 0 bridgehead atoms. The van der Waals surface area contributed by atoms with E-state index in [0.29, 0.717) is 57.7 Å². The van der Waals surface area contributed by atoms with Crippen molar-refractivity contribution in [1.82, 2.24) is 0 Å². The molecule has 0 fully saturated rings. The summed E-state index contributed by atoms with van der Waals surface area (Å²) in [6, 6.07) is 23.9. The van der Waals surface area contributed by atoms with Crippen molar-refractivity contribution < 1.29 is 0 Å². The van der Waals surface area contributed by atoms with E-state index in [0.717, 1.165) is 11.8 Å². The molecular weight excluding hydrogens is 937 g/mol. The lowest BCUT2D eigenvalue weighted by molar-refractivity contribution is 0.0748. The van der Waals surface area contributed by atoms with Crippen molar-refractivity contribution >= 4 is 0 Å². The minimum atomic E-state index is 0.185. The normalized spacial score (nSPS) is 13.9. The molecule has 0 saturated carbocycles. The first-order chi connectivity index (χ1) is 34.5. The van der Waals surface area contributed by atoms with Gasteiger partial charge in [0.15, 0.2) is 0 Å². The van der Waals surface area contributed by atoms with Crippen LogP contribution in [0.3, 0.4) is 0 Å². The van der Waals surface area contributed by atoms with Crippen LogP contribution in [0.4, 0.5) is 0 Å². The highest BCUT2D eigenvalue weighted by atomic mass is 14.4. The van der Waals surface area contributed by atoms with Gasteiger partial charge in [0.05, 0.1) is 0 Å². The summed E-state index contributed by atoms with van der Waals surface area (Å²) in [4.78, 5) is 0. The van der Waals surface area contributed by atoms with Crippen LogP contribution in [0.1, 0.15) is 320 Å². The third kappa shape index (κ3) is 19.9. The molecule has 0 amide bonds. The van der Waals surface area contributed by atoms with Gasteiger partial charge in [0.2, 0.25) is 0 Å². The van der Waals surface area contributed by atoms with Gasteiger partial charge in [-0.2, -0.15) is 0 Å². The predicted octanol–water partition coefficient (Wildman–Crippen LogP) is 25.1. The summed E-state index contributed by atoms with van der Waals surface area (Å²) in [6.45, 7) is 91.8. The molecule has 0 saturated heterocycles. The second-order valence-electron chi connectivity index (χ2n) is 34.4. The molecule has 3 rings (SSSR count). The first kappa shape index (κ1) is 75.7. The topological polar surface area (TPSA) is 0 Å². The average molecular weight is 1080 g/mol. The van der Waals surface area contributed by atoms with E-state index in [9.17, 15) is 0 Å². The number of rotatable bonds is 20. The van der Waals surface area contributed by atoms with Crippen molar-refractivity contribution in [2.75, 3.05) is 0 Å². The van der Waals surface area contributed by atoms with Gasteiger partial charge in [0.1, 0.15) is 0 Å². The standard InChI is InChI=1S/C24H42.C19H32.C18H30.C17H36/c1-16(2)22(7,8)19-13-20(23(9,10)17(3)4)15-21(14-19)24(11,12)18(5)6;1-13(2)18(6,7)16-10-15(5)11-17(12-16)19(8,9)14(3)4;1-13(2)17(5,6)15-9-11-16(12-10-15)18(7,8)14(3)4;1-13(2)16(7,8)11-15(5,6)12-17(9,10)14(3)4/h13-18H,1-12H3;10-14H,1-9H3;9-14H,1-8H3;13-14H,11-12H2,1-10H3. The zero-order chi connectivity index (χ0) is 62.3. The van der Waals surface area contributed by atoms with Crippen LogP contribution in [0.2, 0.25) is 0 Å². The van der Waals surface area contributed by atoms with E-state index in [1.807, 2.05) is 0 Å². The maximum atomic E-state index is 2.49. The van der Waals surface area contributed by atoms with Crippen molar-refractivity contribution in [1.29, 1.82) is 0 Å². The second-order valence-corrected chi connectivity index (χ2v) is 34.4. The van der Waals surface area contributed by atoms with Gasteiger partial charge < -0.3 is 0 Å². The molecule has 0 atom stereocenters. The monoisotopic (exact) mass is 1080 g/mol. The van der Waals surface area contributed by atoms with Crippen LogP contribution in [-0.2, 0) is 37.9 Å². The van der Waals surface area contributed by atoms with Gasteiger partial charge in [0.25, 0.3) is 0 Å². The zero-order valence-corrected chi connectivity index (χ0v) is 60.4. The van der Waals surface area contributed by atoms with Gasteiger partial charge in [-0.3, -0.25) is 0 Å². The molecule has 0 aromatic heterocycles. The third-order valence-corrected chi connectivity index (χ3v) is 23.2. The van der Waals surface area contributed by atoms with E-state index in [2.05, 4.69) is 331 Å². The highest BCUT2D eigenvalue weighted by molar-refractivity contribution is 5.42. The van der Waals surface area contributed by atoms with Gasteiger partial charge in [-0.15, -0.1) is 0 Å². The maximum absolute atomic E-state index is 2.49. The van der Waals surface area contributed by atoms with Crippen molar-refractivity contribution in [3.05, 3.63) is 105 Å². The van der Waals surface area contributed by atoms with Crippen LogP contribution in [0.5, 0.6) is 0 Å². The summed E-state index contributed by atoms with van der Waals surface area (Å²) in [5.41, 5.74) is 14.5. The predicted molar refractivity (Wildman–Crippen MR) is 359 cm³/mol. The minimum Gasteiger partial charge on any atom is -0.0623 e. The van der Waals surface area contributed by atoms with Crippen LogP contribution in [0, 0.1) is 76.4 Å². The van der Waals surface area contributed by atoms with Gasteiger partial charge in [-0.25, -0.2) is 0 Å². The molecule has 452 valence electrons. The summed E-state index contributed by atoms with van der Waals surface area (Å²) >= 11 is 0. The molecule has 0 nitrogen and oxygen atoms in total. The lowest BCUT2D eigenvalue weighted by atomic mass is 9.62. The molecule has 78 heavy (non-hydrogen) atoms. The summed E-state index contributed by atoms with van der Waals surface area (Å²) in [7, 11) is 0. The van der Waals surface area contributed by atoms with Crippen LogP contribution in [-0.4, -0.2) is 0 Å². The van der Waals surface area contributed by atoms with E-state index in [-0.39, 0.29) is 37.9 Å². The van der Waals surface area contributed by atoms with Crippen LogP contribution >= 0.6 is 0 Å². The molecule has 0 spiro atoms. The average Bonchev–Trinajstić information content (AvgIpc) is 3.28. The first-order valence-electron chi connectivity index (χ1n) is 31.9. The summed E-state index contributed by atoms with van der Waals surface area (Å²) in [5, 5.41) is 0. The van der Waals surface area contributed by atoms with E-state index >= 15 is 0 Å². The number of benzene rings is 3. The Morgan fingerprint density at radius 3 is 0.538 bits per heavy atom. The summed E-state index contributed by atoms with van der Waals surface area (Å²) < 4.78 is 0. The lowest BCUT2D eigenvalue weighted by Gasteiger charge is -2.43. The van der Waals surface area contributed by atoms with Crippen LogP contribution in [0.25, 0.3) is 0 Å². The highest BCUT2D eigenvalue weighted by Gasteiger charge is 2.38. The fourth-order valence-corrected chi connectivity index (χ4v) is 9.87. The Morgan fingerprint density at radius 1 is 0.231 bits per heavy atom. The van der Waals surface area contributed by atoms with Crippen molar-refractivity contribution in [3.63, 3.8) is 0 Å². The third-order valence-electron chi connectivity index (χ3n) is 23.2. The zero-order valence-electron chi connectivity index (χ0n) is 60.4. The van der Waals surface area contributed by atoms with Crippen LogP contribution in [0.15, 0.2) is 60.7 Å². The second kappa shape index (κ2) is 27.8. The Labute approximate surface area is 492 Å². The fourth-order valence-electron chi connectivity index (χ4n) is 9.87. The van der Waals surface area contributed by atoms with Gasteiger partial charge in [-0.05, 0) is 166 Å². The molecule has 0 aliphatic rings. The van der Waals surface area contributed by atoms with Gasteiger partial charge in [-0.1, -0.05) is 329 Å². The Bertz CT molecular complexity index is 2030. The first-order valence-corrected chi connectivity index (χ1v) is 31.9. The molecule has 0 unspecified atom stereocenters. The van der Waals surface area contributed by atoms with E-state index in [4.69, 9.17) is 0 Å². The van der Waals surface area contributed by atoms with Gasteiger partial charge >= 0.3 is 0 Å². The Hall–Kier alpha value is -2.34. The molecule has 0 aliphatic carbocycles. The fraction of sp³-hybridized carbons (Fsp3) is 0.769. The van der Waals surface area contributed by atoms with E-state index in [1.165, 1.54) is 57.3 Å². The molecule has 3 aromatic carbocycles. The number of hydrogen-bond donors (Lipinski definition) is 0. The van der Waals surface area contributed by atoms with Gasteiger partial charge in [0, 0.05) is 0 Å². The molecule has 0 heteroatoms. The highest BCUT2D eigenvalue weighted by Crippen LogP contribution is 2.48. The van der Waals surface area contributed by atoms with Crippen molar-refractivity contribution in [2.45, 2.75) is 321 Å². The summed E-state index contributed by atoms with van der Waals surface area (Å²) in [6.07, 6.45) is 2.63. The lowest BCUT2D eigenvalue weighted by Crippen LogP contribution is -2.33. The quantitative estimate of drug-likeness (QED) is 0.106. The van der Waals surface area contributed by atoms with Crippen LogP contribution < -0.4 is 0 Å². The van der Waals surface area contributed by atoms with Crippen molar-refractivity contribution in [2.24, 2.45) is 69.5 Å². The van der Waals surface area contributed by atoms with E-state index in [1.54, 1.807) is 0 Å². The molecule has 0 N–H and O–H groups in total. The molecular formula is C78H140. The Morgan fingerprint density at radius 2 is 0.385 bits per heavy atom. The molecule has 3 aromatic rings. The molecule has 0 radical (unpaired) electrons. The number of aryl methyl sites for hydroxylation is 1. The largest absolute Gasteiger partial charge is 0.0623 e. The Kier molecular flexibility index (Phi) is 27.0. The summed E-state index contributed by atoms with van der Waals surface area (Å²) in [5.74, 6) is 5.95. The maximum Gasteiger partial charge on any atom is -0.00804 e. The molecule has 0 heterocycles. The smallest absolute Gasteiger partial charge is 0.00804 e. The Balaban J connectivity index is 0.00000102. The molecule has 0 aliphatic heterocycles. The van der Waals surface area contributed by atoms with E-state index < -0.39 is 0 Å². The minimum absolute atomic E-state index is 0.185. The number of hydrogen-bond acceptors (Lipinski definition) is 0. The van der Waals surface area contributed by atoms with Crippen molar-refractivity contribution in [3.8, 4) is 0 Å². The SMILES string of the molecule is CC(C)C(C)(C)CC(C)(C)CC(C)(C)C(C)C.CC(C)C(C)(C)c1cc(C(C)(C)C(C)C)cc(C(C)(C)C(C)C)c1.CC(C)C(C)(C)c1ccc(C(C)(C)C(C)C)cc1.Cc1cc(C(C)(C)C(C)C)cc(C(C)(C)C(C)C)c1.